The number of H-pyrrole nitrogens is 1. The largest absolute Gasteiger partial charge is 0.497 e. The lowest BCUT2D eigenvalue weighted by atomic mass is 10.1. The molecule has 0 fully saturated rings. The number of hydrogen-bond acceptors (Lipinski definition) is 4. The lowest BCUT2D eigenvalue weighted by Gasteiger charge is -2.15. The van der Waals surface area contributed by atoms with Crippen molar-refractivity contribution in [2.45, 2.75) is 32.7 Å². The minimum absolute atomic E-state index is 0.148. The van der Waals surface area contributed by atoms with Gasteiger partial charge in [-0.15, -0.1) is 0 Å². The fourth-order valence-corrected chi connectivity index (χ4v) is 2.98. The molecule has 152 valence electrons. The molecule has 0 bridgehead atoms. The van der Waals surface area contributed by atoms with Crippen molar-refractivity contribution >= 4 is 5.91 Å². The van der Waals surface area contributed by atoms with Crippen LogP contribution in [0.3, 0.4) is 0 Å². The van der Waals surface area contributed by atoms with Crippen molar-refractivity contribution in [2.75, 3.05) is 13.7 Å². The molecular formula is C23H27N3O3. The number of amides is 1. The number of carbonyl (C=O) groups excluding carboxylic acids is 1. The highest BCUT2D eigenvalue weighted by Gasteiger charge is 2.18. The number of aromatic amines is 1. The van der Waals surface area contributed by atoms with Crippen molar-refractivity contribution in [3.05, 3.63) is 65.9 Å². The third kappa shape index (κ3) is 5.16. The normalized spacial score (nSPS) is 11.7. The topological polar surface area (TPSA) is 76.2 Å². The molecule has 1 heterocycles. The van der Waals surface area contributed by atoms with Gasteiger partial charge in [-0.25, -0.2) is 0 Å². The fraction of sp³-hybridized carbons (Fsp3) is 0.304. The lowest BCUT2D eigenvalue weighted by Crippen LogP contribution is -2.26. The molecule has 0 spiro atoms. The van der Waals surface area contributed by atoms with Gasteiger partial charge in [0.25, 0.3) is 5.91 Å². The molecule has 0 unspecified atom stereocenters. The van der Waals surface area contributed by atoms with E-state index in [1.807, 2.05) is 55.5 Å². The van der Waals surface area contributed by atoms with Crippen molar-refractivity contribution in [3.8, 4) is 22.8 Å². The van der Waals surface area contributed by atoms with E-state index in [0.717, 1.165) is 35.5 Å². The molecule has 6 nitrogen and oxygen atoms in total. The van der Waals surface area contributed by atoms with Crippen LogP contribution in [-0.2, 0) is 0 Å². The van der Waals surface area contributed by atoms with Gasteiger partial charge < -0.3 is 14.8 Å². The lowest BCUT2D eigenvalue weighted by molar-refractivity contribution is 0.0940. The van der Waals surface area contributed by atoms with E-state index in [-0.39, 0.29) is 11.9 Å². The summed E-state index contributed by atoms with van der Waals surface area (Å²) in [6, 6.07) is 15.2. The van der Waals surface area contributed by atoms with Crippen LogP contribution in [0.25, 0.3) is 11.3 Å². The molecule has 0 saturated carbocycles. The van der Waals surface area contributed by atoms with Gasteiger partial charge in [-0.05, 0) is 55.3 Å². The predicted octanol–water partition coefficient (Wildman–Crippen LogP) is 4.76. The van der Waals surface area contributed by atoms with Gasteiger partial charge in [0, 0.05) is 5.56 Å². The zero-order valence-electron chi connectivity index (χ0n) is 17.1. The van der Waals surface area contributed by atoms with E-state index in [0.29, 0.717) is 17.9 Å². The monoisotopic (exact) mass is 393 g/mol. The van der Waals surface area contributed by atoms with Crippen molar-refractivity contribution in [2.24, 2.45) is 0 Å². The number of benzene rings is 2. The molecule has 3 aromatic rings. The number of rotatable bonds is 9. The van der Waals surface area contributed by atoms with Gasteiger partial charge in [0.2, 0.25) is 0 Å². The summed E-state index contributed by atoms with van der Waals surface area (Å²) in [4.78, 5) is 12.8. The van der Waals surface area contributed by atoms with Crippen LogP contribution in [0.1, 0.15) is 48.7 Å². The Labute approximate surface area is 171 Å². The summed E-state index contributed by atoms with van der Waals surface area (Å²) in [5.41, 5.74) is 3.07. The van der Waals surface area contributed by atoms with Crippen molar-refractivity contribution in [1.82, 2.24) is 15.5 Å². The van der Waals surface area contributed by atoms with Crippen LogP contribution in [0.2, 0.25) is 0 Å². The van der Waals surface area contributed by atoms with E-state index < -0.39 is 0 Å². The predicted molar refractivity (Wildman–Crippen MR) is 113 cm³/mol. The Morgan fingerprint density at radius 3 is 2.45 bits per heavy atom. The first-order valence-corrected chi connectivity index (χ1v) is 9.83. The van der Waals surface area contributed by atoms with Crippen molar-refractivity contribution in [1.29, 1.82) is 0 Å². The summed E-state index contributed by atoms with van der Waals surface area (Å²) >= 11 is 0. The van der Waals surface area contributed by atoms with Crippen LogP contribution >= 0.6 is 0 Å². The Morgan fingerprint density at radius 1 is 1.10 bits per heavy atom. The van der Waals surface area contributed by atoms with E-state index in [9.17, 15) is 4.79 Å². The van der Waals surface area contributed by atoms with Gasteiger partial charge in [0.1, 0.15) is 11.5 Å². The highest BCUT2D eigenvalue weighted by molar-refractivity contribution is 5.99. The Kier molecular flexibility index (Phi) is 6.89. The number of carbonyl (C=O) groups is 1. The molecule has 1 aromatic heterocycles. The molecule has 0 radical (unpaired) electrons. The minimum atomic E-state index is -0.180. The summed E-state index contributed by atoms with van der Waals surface area (Å²) in [6.07, 6.45) is 3.68. The average molecular weight is 393 g/mol. The summed E-state index contributed by atoms with van der Waals surface area (Å²) in [6.45, 7) is 4.78. The van der Waals surface area contributed by atoms with E-state index >= 15 is 0 Å². The van der Waals surface area contributed by atoms with Crippen LogP contribution < -0.4 is 14.8 Å². The maximum Gasteiger partial charge on any atom is 0.255 e. The second kappa shape index (κ2) is 9.78. The number of methoxy groups -OCH3 is 1. The Balaban J connectivity index is 1.69. The Bertz CT molecular complexity index is 917. The highest BCUT2D eigenvalue weighted by Crippen LogP contribution is 2.25. The van der Waals surface area contributed by atoms with Crippen LogP contribution in [0.15, 0.2) is 54.7 Å². The van der Waals surface area contributed by atoms with Crippen LogP contribution in [0.4, 0.5) is 0 Å². The number of hydrogen-bond donors (Lipinski definition) is 2. The Morgan fingerprint density at radius 2 is 1.79 bits per heavy atom. The molecule has 0 saturated heterocycles. The smallest absolute Gasteiger partial charge is 0.255 e. The maximum absolute atomic E-state index is 12.8. The summed E-state index contributed by atoms with van der Waals surface area (Å²) < 4.78 is 10.9. The maximum atomic E-state index is 12.8. The molecule has 2 aromatic carbocycles. The van der Waals surface area contributed by atoms with E-state index in [2.05, 4.69) is 22.4 Å². The number of nitrogens with zero attached hydrogens (tertiary/aromatic N) is 1. The first-order valence-electron chi connectivity index (χ1n) is 9.83. The molecule has 0 aliphatic heterocycles. The van der Waals surface area contributed by atoms with Crippen LogP contribution in [0, 0.1) is 0 Å². The first kappa shape index (κ1) is 20.5. The summed E-state index contributed by atoms with van der Waals surface area (Å²) in [5.74, 6) is 1.42. The van der Waals surface area contributed by atoms with Gasteiger partial charge in [-0.1, -0.05) is 25.5 Å². The van der Waals surface area contributed by atoms with Crippen molar-refractivity contribution in [3.63, 3.8) is 0 Å². The standard InChI is InChI=1S/C23H27N3O3/c1-4-5-14-29-20-12-8-18(9-13-20)22-21(15-24-26-22)23(27)25-16(2)17-6-10-19(28-3)11-7-17/h6-13,15-16H,4-5,14H2,1-3H3,(H,24,26)(H,25,27)/t16-/m0/s1. The highest BCUT2D eigenvalue weighted by atomic mass is 16.5. The third-order valence-electron chi connectivity index (χ3n) is 4.76. The molecule has 1 atom stereocenters. The van der Waals surface area contributed by atoms with Gasteiger partial charge in [-0.2, -0.15) is 5.10 Å². The number of unbranched alkanes of at least 4 members (excludes halogenated alkanes) is 1. The molecule has 2 N–H and O–H groups in total. The zero-order chi connectivity index (χ0) is 20.6. The van der Waals surface area contributed by atoms with Gasteiger partial charge in [-0.3, -0.25) is 9.89 Å². The first-order chi connectivity index (χ1) is 14.1. The molecule has 0 aliphatic rings. The van der Waals surface area contributed by atoms with E-state index in [1.165, 1.54) is 0 Å². The quantitative estimate of drug-likeness (QED) is 0.514. The van der Waals surface area contributed by atoms with Gasteiger partial charge in [0.05, 0.1) is 37.2 Å². The Hall–Kier alpha value is -3.28. The molecule has 0 aliphatic carbocycles. The molecule has 6 heteroatoms. The van der Waals surface area contributed by atoms with Gasteiger partial charge >= 0.3 is 0 Å². The number of nitrogens with one attached hydrogen (secondary N) is 2. The molecule has 1 amide bonds. The van der Waals surface area contributed by atoms with E-state index in [4.69, 9.17) is 9.47 Å². The van der Waals surface area contributed by atoms with Crippen LogP contribution in [0.5, 0.6) is 11.5 Å². The molecule has 29 heavy (non-hydrogen) atoms. The average Bonchev–Trinajstić information content (AvgIpc) is 3.24. The summed E-state index contributed by atoms with van der Waals surface area (Å²) in [5, 5.41) is 10.0. The molecule has 3 rings (SSSR count). The number of ether oxygens (including phenoxy) is 2. The summed E-state index contributed by atoms with van der Waals surface area (Å²) in [7, 11) is 1.63. The minimum Gasteiger partial charge on any atom is -0.497 e. The second-order valence-electron chi connectivity index (χ2n) is 6.85. The third-order valence-corrected chi connectivity index (χ3v) is 4.76. The van der Waals surface area contributed by atoms with Gasteiger partial charge in [0.15, 0.2) is 0 Å². The van der Waals surface area contributed by atoms with E-state index in [1.54, 1.807) is 13.3 Å². The van der Waals surface area contributed by atoms with Crippen molar-refractivity contribution < 1.29 is 14.3 Å². The fourth-order valence-electron chi connectivity index (χ4n) is 2.98. The SMILES string of the molecule is CCCCOc1ccc(-c2[nH]ncc2C(=O)N[C@@H](C)c2ccc(OC)cc2)cc1. The second-order valence-corrected chi connectivity index (χ2v) is 6.85. The van der Waals surface area contributed by atoms with Crippen LogP contribution in [-0.4, -0.2) is 29.8 Å². The molecular weight excluding hydrogens is 366 g/mol. The zero-order valence-corrected chi connectivity index (χ0v) is 17.1. The number of aromatic nitrogens is 2.